The molecule has 0 fully saturated rings. The molecule has 2 unspecified atom stereocenters. The molecular formula is C21H24N4O6S. The van der Waals surface area contributed by atoms with Gasteiger partial charge in [0.1, 0.15) is 23.7 Å². The Morgan fingerprint density at radius 1 is 1.09 bits per heavy atom. The van der Waals surface area contributed by atoms with Crippen LogP contribution in [0.1, 0.15) is 24.0 Å². The summed E-state index contributed by atoms with van der Waals surface area (Å²) in [5.41, 5.74) is 15.7. The third-order valence-electron chi connectivity index (χ3n) is 4.79. The quantitative estimate of drug-likeness (QED) is 0.124. The monoisotopic (exact) mass is 460 g/mol. The maximum atomic E-state index is 12.9. The normalized spacial score (nSPS) is 14.1. The second kappa shape index (κ2) is 10.3. The summed E-state index contributed by atoms with van der Waals surface area (Å²) in [4.78, 5) is 35.5. The molecule has 2 aromatic carbocycles. The highest BCUT2D eigenvalue weighted by molar-refractivity contribution is 7.91. The molecule has 11 heteroatoms. The number of hydrogen-bond donors (Lipinski definition) is 4. The highest BCUT2D eigenvalue weighted by atomic mass is 32.2. The van der Waals surface area contributed by atoms with E-state index in [9.17, 15) is 22.8 Å². The number of benzene rings is 2. The maximum Gasteiger partial charge on any atom is 0.338 e. The van der Waals surface area contributed by atoms with E-state index < -0.39 is 45.5 Å². The van der Waals surface area contributed by atoms with E-state index in [2.05, 4.69) is 0 Å². The Bertz CT molecular complexity index is 1100. The van der Waals surface area contributed by atoms with Crippen molar-refractivity contribution in [1.82, 2.24) is 0 Å². The molecule has 0 bridgehead atoms. The molecule has 0 heterocycles. The number of sulfone groups is 1. The average Bonchev–Trinajstić information content (AvgIpc) is 2.78. The van der Waals surface area contributed by atoms with E-state index in [0.29, 0.717) is 11.8 Å². The fourth-order valence-corrected chi connectivity index (χ4v) is 4.21. The zero-order valence-electron chi connectivity index (χ0n) is 17.1. The number of amidine groups is 1. The van der Waals surface area contributed by atoms with Crippen LogP contribution in [0.2, 0.25) is 0 Å². The number of carbonyl (C=O) groups excluding carboxylic acids is 3. The van der Waals surface area contributed by atoms with E-state index in [0.717, 1.165) is 0 Å². The lowest BCUT2D eigenvalue weighted by molar-refractivity contribution is -0.165. The fourth-order valence-electron chi connectivity index (χ4n) is 2.81. The van der Waals surface area contributed by atoms with Crippen LogP contribution >= 0.6 is 0 Å². The van der Waals surface area contributed by atoms with Crippen LogP contribution in [0.5, 0.6) is 0 Å². The van der Waals surface area contributed by atoms with E-state index in [4.69, 9.17) is 27.3 Å². The Morgan fingerprint density at radius 3 is 2.22 bits per heavy atom. The van der Waals surface area contributed by atoms with Gasteiger partial charge in [-0.05, 0) is 24.1 Å². The lowest BCUT2D eigenvalue weighted by Crippen LogP contribution is -2.49. The van der Waals surface area contributed by atoms with Crippen molar-refractivity contribution in [2.45, 2.75) is 29.3 Å². The molecule has 2 atom stereocenters. The van der Waals surface area contributed by atoms with Crippen molar-refractivity contribution in [1.29, 1.82) is 5.41 Å². The van der Waals surface area contributed by atoms with E-state index in [-0.39, 0.29) is 22.7 Å². The second-order valence-electron chi connectivity index (χ2n) is 7.06. The predicted molar refractivity (Wildman–Crippen MR) is 116 cm³/mol. The first-order chi connectivity index (χ1) is 15.0. The number of rotatable bonds is 10. The molecule has 170 valence electrons. The van der Waals surface area contributed by atoms with Crippen LogP contribution < -0.4 is 17.2 Å². The Kier molecular flexibility index (Phi) is 7.97. The van der Waals surface area contributed by atoms with Gasteiger partial charge in [0.2, 0.25) is 0 Å². The van der Waals surface area contributed by atoms with Crippen molar-refractivity contribution in [2.75, 3.05) is 5.75 Å². The lowest BCUT2D eigenvalue weighted by atomic mass is 9.87. The highest BCUT2D eigenvalue weighted by Crippen LogP contribution is 2.27. The fraction of sp³-hybridized carbons (Fsp3) is 0.238. The molecule has 0 aliphatic carbocycles. The number of carbonyl (C=O) groups is 3. The first-order valence-corrected chi connectivity index (χ1v) is 11.1. The first kappa shape index (κ1) is 24.9. The van der Waals surface area contributed by atoms with E-state index in [1.165, 1.54) is 36.4 Å². The highest BCUT2D eigenvalue weighted by Gasteiger charge is 2.41. The van der Waals surface area contributed by atoms with E-state index in [1.807, 2.05) is 0 Å². The molecule has 0 aliphatic heterocycles. The Labute approximate surface area is 185 Å². The van der Waals surface area contributed by atoms with Gasteiger partial charge in [0, 0.05) is 12.0 Å². The summed E-state index contributed by atoms with van der Waals surface area (Å²) < 4.78 is 30.2. The Balaban J connectivity index is 2.37. The van der Waals surface area contributed by atoms with Crippen LogP contribution in [0.4, 0.5) is 0 Å². The van der Waals surface area contributed by atoms with Crippen molar-refractivity contribution >= 4 is 33.9 Å². The van der Waals surface area contributed by atoms with Gasteiger partial charge in [-0.15, -0.1) is 0 Å². The van der Waals surface area contributed by atoms with Crippen LogP contribution in [-0.4, -0.2) is 44.3 Å². The number of nitrogen functional groups attached to an aromatic ring is 1. The molecule has 0 radical (unpaired) electrons. The van der Waals surface area contributed by atoms with Gasteiger partial charge in [-0.1, -0.05) is 42.5 Å². The van der Waals surface area contributed by atoms with Crippen molar-refractivity contribution < 1.29 is 27.5 Å². The van der Waals surface area contributed by atoms with Gasteiger partial charge in [0.05, 0.1) is 10.6 Å². The summed E-state index contributed by atoms with van der Waals surface area (Å²) in [6.45, 7) is 0. The van der Waals surface area contributed by atoms with Gasteiger partial charge in [0.15, 0.2) is 9.84 Å². The molecule has 0 spiro atoms. The van der Waals surface area contributed by atoms with Gasteiger partial charge < -0.3 is 26.7 Å². The second-order valence-corrected chi connectivity index (χ2v) is 9.17. The van der Waals surface area contributed by atoms with Crippen LogP contribution in [0.15, 0.2) is 59.5 Å². The van der Waals surface area contributed by atoms with Crippen molar-refractivity contribution in [2.24, 2.45) is 17.2 Å². The predicted octanol–water partition coefficient (Wildman–Crippen LogP) is -0.0252. The Morgan fingerprint density at radius 2 is 1.69 bits per heavy atom. The third kappa shape index (κ3) is 5.84. The standard InChI is InChI=1S/C21H24N4O6S/c22-17(10-12-26)19(27)31-20(28)21(25,15-8-6-14(7-9-15)18(23)24)11-13-32(29,30)16-4-2-1-3-5-16/h1-9,12,17H,10-11,13,22,25H2,(H3,23,24). The minimum absolute atomic E-state index is 0.0479. The molecule has 10 nitrogen and oxygen atoms in total. The molecule has 0 aliphatic rings. The summed E-state index contributed by atoms with van der Waals surface area (Å²) in [7, 11) is -3.81. The van der Waals surface area contributed by atoms with Gasteiger partial charge in [-0.3, -0.25) is 5.41 Å². The van der Waals surface area contributed by atoms with Gasteiger partial charge in [-0.2, -0.15) is 0 Å². The van der Waals surface area contributed by atoms with Crippen LogP contribution in [0, 0.1) is 5.41 Å². The molecule has 2 rings (SSSR count). The third-order valence-corrected chi connectivity index (χ3v) is 6.52. The largest absolute Gasteiger partial charge is 0.390 e. The number of nitrogens with one attached hydrogen (secondary N) is 1. The smallest absolute Gasteiger partial charge is 0.338 e. The molecular weight excluding hydrogens is 436 g/mol. The van der Waals surface area contributed by atoms with Crippen LogP contribution in [0.3, 0.4) is 0 Å². The van der Waals surface area contributed by atoms with Gasteiger partial charge in [-0.25, -0.2) is 18.0 Å². The molecule has 0 saturated heterocycles. The summed E-state index contributed by atoms with van der Waals surface area (Å²) in [6.07, 6.45) is -0.378. The van der Waals surface area contributed by atoms with Crippen molar-refractivity contribution in [3.05, 3.63) is 65.7 Å². The minimum atomic E-state index is -3.81. The topological polar surface area (TPSA) is 196 Å². The van der Waals surface area contributed by atoms with E-state index in [1.54, 1.807) is 18.2 Å². The molecule has 0 aromatic heterocycles. The summed E-state index contributed by atoms with van der Waals surface area (Å²) in [5.74, 6) is -3.12. The van der Waals surface area contributed by atoms with Gasteiger partial charge >= 0.3 is 11.9 Å². The average molecular weight is 461 g/mol. The molecule has 7 N–H and O–H groups in total. The molecule has 32 heavy (non-hydrogen) atoms. The number of hydrogen-bond acceptors (Lipinski definition) is 9. The Hall–Kier alpha value is -3.41. The van der Waals surface area contributed by atoms with Gasteiger partial charge in [0.25, 0.3) is 0 Å². The number of aldehydes is 1. The summed E-state index contributed by atoms with van der Waals surface area (Å²) in [5, 5.41) is 7.47. The minimum Gasteiger partial charge on any atom is -0.390 e. The number of ether oxygens (including phenoxy) is 1. The van der Waals surface area contributed by atoms with Crippen molar-refractivity contribution in [3.8, 4) is 0 Å². The first-order valence-electron chi connectivity index (χ1n) is 9.48. The summed E-state index contributed by atoms with van der Waals surface area (Å²) >= 11 is 0. The van der Waals surface area contributed by atoms with Crippen LogP contribution in [0.25, 0.3) is 0 Å². The van der Waals surface area contributed by atoms with E-state index >= 15 is 0 Å². The lowest BCUT2D eigenvalue weighted by Gasteiger charge is -2.28. The number of nitrogens with two attached hydrogens (primary N) is 3. The van der Waals surface area contributed by atoms with Crippen LogP contribution in [-0.2, 0) is 34.5 Å². The number of esters is 2. The SMILES string of the molecule is N=C(N)c1ccc(C(N)(CCS(=O)(=O)c2ccccc2)C(=O)OC(=O)C(N)CC=O)cc1. The zero-order valence-corrected chi connectivity index (χ0v) is 17.9. The maximum absolute atomic E-state index is 12.9. The summed E-state index contributed by atoms with van der Waals surface area (Å²) in [6, 6.07) is 11.9. The molecule has 2 aromatic rings. The molecule has 0 amide bonds. The van der Waals surface area contributed by atoms with Crippen molar-refractivity contribution in [3.63, 3.8) is 0 Å². The molecule has 0 saturated carbocycles. The zero-order chi connectivity index (χ0) is 23.9.